The first-order valence-electron chi connectivity index (χ1n) is 6.81. The van der Waals surface area contributed by atoms with E-state index in [0.717, 1.165) is 14.4 Å². The molecule has 3 aromatic rings. The molecule has 0 amide bonds. The zero-order valence-electron chi connectivity index (χ0n) is 13.2. The average Bonchev–Trinajstić information content (AvgIpc) is 3.35. The fourth-order valence-corrected chi connectivity index (χ4v) is 1.77. The van der Waals surface area contributed by atoms with Gasteiger partial charge in [-0.1, -0.05) is 14.4 Å². The van der Waals surface area contributed by atoms with E-state index in [-0.39, 0.29) is 20.0 Å². The van der Waals surface area contributed by atoms with Crippen molar-refractivity contribution in [3.8, 4) is 0 Å². The molecule has 22 nitrogen and oxygen atoms in total. The van der Waals surface area contributed by atoms with Crippen molar-refractivity contribution in [1.82, 2.24) is 65.5 Å². The standard InChI is InChI=1S/C6H6N16O6/c23-20(24)4-7-13-17(10-4)1-16(2-18-11-5(8-14-18)21(25)26)3-19-12-6(9-15-19)22(27)28/h1-3H2. The van der Waals surface area contributed by atoms with E-state index < -0.39 is 32.6 Å². The Labute approximate surface area is 149 Å². The molecule has 0 radical (unpaired) electrons. The van der Waals surface area contributed by atoms with E-state index in [1.165, 1.54) is 4.90 Å². The Morgan fingerprint density at radius 2 is 0.929 bits per heavy atom. The third-order valence-corrected chi connectivity index (χ3v) is 2.80. The molecule has 0 fully saturated rings. The number of tetrazole rings is 3. The maximum absolute atomic E-state index is 10.6. The van der Waals surface area contributed by atoms with Crippen molar-refractivity contribution in [3.05, 3.63) is 30.3 Å². The van der Waals surface area contributed by atoms with Gasteiger partial charge >= 0.3 is 17.8 Å². The molecule has 146 valence electrons. The van der Waals surface area contributed by atoms with Crippen molar-refractivity contribution >= 4 is 17.8 Å². The minimum absolute atomic E-state index is 0.272. The summed E-state index contributed by atoms with van der Waals surface area (Å²) >= 11 is 0. The summed E-state index contributed by atoms with van der Waals surface area (Å²) < 4.78 is 0. The van der Waals surface area contributed by atoms with Crippen LogP contribution in [0.2, 0.25) is 0 Å². The number of hydrogen-bond acceptors (Lipinski definition) is 16. The van der Waals surface area contributed by atoms with E-state index in [2.05, 4.69) is 46.2 Å². The van der Waals surface area contributed by atoms with Crippen molar-refractivity contribution in [2.45, 2.75) is 20.0 Å². The molecule has 0 saturated carbocycles. The van der Waals surface area contributed by atoms with E-state index in [9.17, 15) is 30.3 Å². The van der Waals surface area contributed by atoms with E-state index in [4.69, 9.17) is 0 Å². The quantitative estimate of drug-likeness (QED) is 0.255. The molecule has 3 aromatic heterocycles. The fraction of sp³-hybridized carbons (Fsp3) is 0.500. The average molecular weight is 398 g/mol. The number of nitro groups is 3. The molecule has 0 aliphatic carbocycles. The highest BCUT2D eigenvalue weighted by molar-refractivity contribution is 4.94. The molecule has 0 atom stereocenters. The topological polar surface area (TPSA) is 263 Å². The maximum Gasteiger partial charge on any atom is 0.514 e. The van der Waals surface area contributed by atoms with Crippen LogP contribution in [0.4, 0.5) is 17.8 Å². The highest BCUT2D eigenvalue weighted by Crippen LogP contribution is 2.04. The molecule has 0 aliphatic heterocycles. The van der Waals surface area contributed by atoms with Crippen LogP contribution in [0.15, 0.2) is 0 Å². The summed E-state index contributed by atoms with van der Waals surface area (Å²) in [7, 11) is 0. The SMILES string of the molecule is O=[N+]([O-])c1nnn(CN(Cn2nnc([N+](=O)[O-])n2)Cn2nnc([N+](=O)[O-])n2)n1. The van der Waals surface area contributed by atoms with Crippen LogP contribution in [0, 0.1) is 30.3 Å². The van der Waals surface area contributed by atoms with Crippen LogP contribution < -0.4 is 0 Å². The van der Waals surface area contributed by atoms with Gasteiger partial charge < -0.3 is 30.3 Å². The van der Waals surface area contributed by atoms with Crippen LogP contribution in [0.25, 0.3) is 0 Å². The Kier molecular flexibility index (Phi) is 4.75. The lowest BCUT2D eigenvalue weighted by atomic mass is 10.7. The Bertz CT molecular complexity index is 889. The predicted molar refractivity (Wildman–Crippen MR) is 75.3 cm³/mol. The summed E-state index contributed by atoms with van der Waals surface area (Å²) in [6, 6.07) is 0. The summed E-state index contributed by atoms with van der Waals surface area (Å²) in [4.78, 5) is 33.1. The first-order chi connectivity index (χ1) is 13.3. The summed E-state index contributed by atoms with van der Waals surface area (Å²) in [5, 5.41) is 62.5. The molecule has 0 aliphatic rings. The number of nitrogens with zero attached hydrogens (tertiary/aromatic N) is 16. The zero-order valence-corrected chi connectivity index (χ0v) is 13.2. The van der Waals surface area contributed by atoms with Crippen molar-refractivity contribution < 1.29 is 14.8 Å². The normalized spacial score (nSPS) is 11.0. The molecule has 28 heavy (non-hydrogen) atoms. The lowest BCUT2D eigenvalue weighted by Crippen LogP contribution is -2.33. The molecule has 3 heterocycles. The lowest BCUT2D eigenvalue weighted by molar-refractivity contribution is -0.394. The Balaban J connectivity index is 1.79. The molecule has 3 rings (SSSR count). The van der Waals surface area contributed by atoms with Crippen LogP contribution in [-0.2, 0) is 20.0 Å². The van der Waals surface area contributed by atoms with Gasteiger partial charge in [0, 0.05) is 15.6 Å². The van der Waals surface area contributed by atoms with Gasteiger partial charge in [-0.3, -0.25) is 0 Å². The second-order valence-corrected chi connectivity index (χ2v) is 4.75. The van der Waals surface area contributed by atoms with Gasteiger partial charge in [-0.15, -0.1) is 0 Å². The fourth-order valence-electron chi connectivity index (χ4n) is 1.77. The summed E-state index contributed by atoms with van der Waals surface area (Å²) in [6.45, 7) is -0.817. The third kappa shape index (κ3) is 4.12. The van der Waals surface area contributed by atoms with Gasteiger partial charge in [-0.05, 0) is 14.8 Å². The van der Waals surface area contributed by atoms with Crippen LogP contribution in [0.3, 0.4) is 0 Å². The second kappa shape index (κ2) is 7.32. The Hall–Kier alpha value is -4.63. The minimum Gasteiger partial charge on any atom is -0.390 e. The van der Waals surface area contributed by atoms with Crippen LogP contribution >= 0.6 is 0 Å². The van der Waals surface area contributed by atoms with Gasteiger partial charge in [-0.25, -0.2) is 4.90 Å². The van der Waals surface area contributed by atoms with Crippen molar-refractivity contribution in [3.63, 3.8) is 0 Å². The van der Waals surface area contributed by atoms with E-state index in [0.29, 0.717) is 0 Å². The Morgan fingerprint density at radius 3 is 1.14 bits per heavy atom. The highest BCUT2D eigenvalue weighted by Gasteiger charge is 2.24. The van der Waals surface area contributed by atoms with Crippen LogP contribution in [-0.4, -0.2) is 80.3 Å². The molecule has 0 saturated heterocycles. The number of aromatic nitrogens is 12. The monoisotopic (exact) mass is 398 g/mol. The lowest BCUT2D eigenvalue weighted by Gasteiger charge is -2.15. The maximum atomic E-state index is 10.6. The van der Waals surface area contributed by atoms with Gasteiger partial charge in [0.1, 0.15) is 20.0 Å². The molecular weight excluding hydrogens is 392 g/mol. The largest absolute Gasteiger partial charge is 0.514 e. The highest BCUT2D eigenvalue weighted by atomic mass is 16.6. The van der Waals surface area contributed by atoms with Crippen molar-refractivity contribution in [1.29, 1.82) is 0 Å². The molecule has 0 unspecified atom stereocenters. The molecule has 0 N–H and O–H groups in total. The minimum atomic E-state index is -0.863. The van der Waals surface area contributed by atoms with Gasteiger partial charge in [-0.2, -0.15) is 0 Å². The third-order valence-electron chi connectivity index (χ3n) is 2.80. The zero-order chi connectivity index (χ0) is 20.3. The molecule has 0 spiro atoms. The van der Waals surface area contributed by atoms with Crippen LogP contribution in [0.5, 0.6) is 0 Å². The van der Waals surface area contributed by atoms with Crippen LogP contribution in [0.1, 0.15) is 0 Å². The molecular formula is C6H6N16O6. The molecule has 22 heteroatoms. The van der Waals surface area contributed by atoms with Gasteiger partial charge in [0.25, 0.3) is 0 Å². The number of rotatable bonds is 9. The van der Waals surface area contributed by atoms with E-state index in [1.807, 2.05) is 0 Å². The van der Waals surface area contributed by atoms with Crippen molar-refractivity contribution in [2.24, 2.45) is 0 Å². The molecule has 0 bridgehead atoms. The first-order valence-corrected chi connectivity index (χ1v) is 6.81. The van der Waals surface area contributed by atoms with E-state index >= 15 is 0 Å². The van der Waals surface area contributed by atoms with Crippen molar-refractivity contribution in [2.75, 3.05) is 0 Å². The van der Waals surface area contributed by atoms with Gasteiger partial charge in [0.05, 0.1) is 30.6 Å². The Morgan fingerprint density at radius 1 is 0.643 bits per heavy atom. The van der Waals surface area contributed by atoms with Gasteiger partial charge in [0.2, 0.25) is 0 Å². The smallest absolute Gasteiger partial charge is 0.390 e. The van der Waals surface area contributed by atoms with Gasteiger partial charge in [0.15, 0.2) is 0 Å². The number of hydrogen-bond donors (Lipinski definition) is 0. The van der Waals surface area contributed by atoms with E-state index in [1.54, 1.807) is 0 Å². The molecule has 0 aromatic carbocycles. The first kappa shape index (κ1) is 18.2. The second-order valence-electron chi connectivity index (χ2n) is 4.75. The summed E-state index contributed by atoms with van der Waals surface area (Å²) in [5.41, 5.74) is 0. The summed E-state index contributed by atoms with van der Waals surface area (Å²) in [5.74, 6) is -2.28. The predicted octanol–water partition coefficient (Wildman–Crippen LogP) is -3.05. The summed E-state index contributed by atoms with van der Waals surface area (Å²) in [6.07, 6.45) is 0.